The van der Waals surface area contributed by atoms with Gasteiger partial charge in [-0.25, -0.2) is 0 Å². The van der Waals surface area contributed by atoms with E-state index in [0.717, 1.165) is 12.8 Å². The summed E-state index contributed by atoms with van der Waals surface area (Å²) in [5.74, 6) is -0.294. The Morgan fingerprint density at radius 2 is 1.82 bits per heavy atom. The van der Waals surface area contributed by atoms with Crippen molar-refractivity contribution in [2.45, 2.75) is 40.0 Å². The van der Waals surface area contributed by atoms with Crippen LogP contribution < -0.4 is 9.80 Å². The van der Waals surface area contributed by atoms with Crippen LogP contribution in [0.15, 0.2) is 18.2 Å². The van der Waals surface area contributed by atoms with Gasteiger partial charge < -0.3 is 14.9 Å². The van der Waals surface area contributed by atoms with Gasteiger partial charge in [0.25, 0.3) is 0 Å². The lowest BCUT2D eigenvalue weighted by Gasteiger charge is -2.30. The first-order valence-corrected chi connectivity index (χ1v) is 7.80. The fourth-order valence-electron chi connectivity index (χ4n) is 3.05. The lowest BCUT2D eigenvalue weighted by atomic mass is 9.82. The Morgan fingerprint density at radius 1 is 1.14 bits per heavy atom. The van der Waals surface area contributed by atoms with E-state index < -0.39 is 5.41 Å². The number of benzene rings is 1. The Kier molecular flexibility index (Phi) is 4.44. The molecule has 5 heteroatoms. The van der Waals surface area contributed by atoms with E-state index in [1.54, 1.807) is 31.0 Å². The first kappa shape index (κ1) is 16.3. The number of phenols is 1. The van der Waals surface area contributed by atoms with Crippen LogP contribution in [0.3, 0.4) is 0 Å². The quantitative estimate of drug-likeness (QED) is 0.870. The third-order valence-electron chi connectivity index (χ3n) is 4.45. The van der Waals surface area contributed by atoms with Crippen LogP contribution in [0, 0.1) is 5.41 Å². The van der Waals surface area contributed by atoms with Crippen LogP contribution in [0.1, 0.15) is 40.0 Å². The fourth-order valence-corrected chi connectivity index (χ4v) is 3.05. The zero-order valence-electron chi connectivity index (χ0n) is 13.7. The van der Waals surface area contributed by atoms with Gasteiger partial charge in [-0.15, -0.1) is 0 Å². The number of fused-ring (bicyclic) bond motifs is 1. The van der Waals surface area contributed by atoms with Crippen molar-refractivity contribution in [2.75, 3.05) is 23.4 Å². The Bertz CT molecular complexity index is 600. The summed E-state index contributed by atoms with van der Waals surface area (Å²) in [6, 6.07) is 4.78. The van der Waals surface area contributed by atoms with Gasteiger partial charge in [0.05, 0.1) is 11.4 Å². The van der Waals surface area contributed by atoms with Crippen molar-refractivity contribution in [3.8, 4) is 5.75 Å². The molecule has 0 aliphatic carbocycles. The molecule has 2 amide bonds. The summed E-state index contributed by atoms with van der Waals surface area (Å²) >= 11 is 0. The van der Waals surface area contributed by atoms with Crippen molar-refractivity contribution in [2.24, 2.45) is 5.41 Å². The van der Waals surface area contributed by atoms with E-state index in [0.29, 0.717) is 24.3 Å². The second-order valence-corrected chi connectivity index (χ2v) is 6.02. The van der Waals surface area contributed by atoms with Gasteiger partial charge in [-0.05, 0) is 32.4 Å². The highest BCUT2D eigenvalue weighted by molar-refractivity contribution is 6.20. The number of aromatic hydroxyl groups is 1. The monoisotopic (exact) mass is 304 g/mol. The van der Waals surface area contributed by atoms with Gasteiger partial charge in [0.2, 0.25) is 11.8 Å². The van der Waals surface area contributed by atoms with E-state index in [9.17, 15) is 14.7 Å². The number of nitrogens with zero attached hydrogens (tertiary/aromatic N) is 2. The summed E-state index contributed by atoms with van der Waals surface area (Å²) in [5.41, 5.74) is 0.178. The van der Waals surface area contributed by atoms with Crippen molar-refractivity contribution in [3.63, 3.8) is 0 Å². The molecule has 0 bridgehead atoms. The second kappa shape index (κ2) is 5.99. The molecule has 22 heavy (non-hydrogen) atoms. The van der Waals surface area contributed by atoms with Gasteiger partial charge in [-0.3, -0.25) is 9.59 Å². The SMILES string of the molecule is CCCCC1(C)C(=O)N(C)c2cc(O)ccc2N(CC)C1=O. The molecule has 0 fully saturated rings. The van der Waals surface area contributed by atoms with E-state index >= 15 is 0 Å². The predicted molar refractivity (Wildman–Crippen MR) is 87.2 cm³/mol. The highest BCUT2D eigenvalue weighted by Gasteiger charge is 2.48. The minimum atomic E-state index is -1.06. The molecule has 5 nitrogen and oxygen atoms in total. The second-order valence-electron chi connectivity index (χ2n) is 6.02. The van der Waals surface area contributed by atoms with Crippen LogP contribution in [0.4, 0.5) is 11.4 Å². The molecular weight excluding hydrogens is 280 g/mol. The van der Waals surface area contributed by atoms with Gasteiger partial charge in [-0.1, -0.05) is 19.8 Å². The summed E-state index contributed by atoms with van der Waals surface area (Å²) in [7, 11) is 1.66. The first-order chi connectivity index (χ1) is 10.4. The summed E-state index contributed by atoms with van der Waals surface area (Å²) in [4.78, 5) is 29.1. The Labute approximate surface area is 131 Å². The lowest BCUT2D eigenvalue weighted by molar-refractivity contribution is -0.139. The van der Waals surface area contributed by atoms with Crippen LogP contribution in [0.5, 0.6) is 5.75 Å². The summed E-state index contributed by atoms with van der Waals surface area (Å²) < 4.78 is 0. The molecule has 1 N–H and O–H groups in total. The number of anilines is 2. The molecule has 1 heterocycles. The Morgan fingerprint density at radius 3 is 2.41 bits per heavy atom. The molecule has 0 radical (unpaired) electrons. The standard InChI is InChI=1S/C17H24N2O3/c1-5-7-10-17(3)15(21)18(4)14-11-12(20)8-9-13(14)19(6-2)16(17)22/h8-9,11,20H,5-7,10H2,1-4H3. The average molecular weight is 304 g/mol. The van der Waals surface area contributed by atoms with E-state index in [2.05, 4.69) is 0 Å². The minimum Gasteiger partial charge on any atom is -0.508 e. The normalized spacial score (nSPS) is 21.8. The maximum absolute atomic E-state index is 13.0. The minimum absolute atomic E-state index is 0.0825. The van der Waals surface area contributed by atoms with Crippen LogP contribution in [0.25, 0.3) is 0 Å². The molecule has 1 atom stereocenters. The number of carbonyl (C=O) groups is 2. The van der Waals surface area contributed by atoms with Crippen molar-refractivity contribution >= 4 is 23.2 Å². The smallest absolute Gasteiger partial charge is 0.242 e. The molecule has 2 rings (SSSR count). The number of amides is 2. The Balaban J connectivity index is 2.60. The molecule has 1 aromatic rings. The van der Waals surface area contributed by atoms with Crippen molar-refractivity contribution in [1.82, 2.24) is 0 Å². The fraction of sp³-hybridized carbons (Fsp3) is 0.529. The van der Waals surface area contributed by atoms with Crippen LogP contribution >= 0.6 is 0 Å². The van der Waals surface area contributed by atoms with Gasteiger partial charge in [0.1, 0.15) is 11.2 Å². The zero-order chi connectivity index (χ0) is 16.5. The third kappa shape index (κ3) is 2.45. The first-order valence-electron chi connectivity index (χ1n) is 7.80. The van der Waals surface area contributed by atoms with Crippen LogP contribution in [-0.4, -0.2) is 30.5 Å². The van der Waals surface area contributed by atoms with Gasteiger partial charge in [0.15, 0.2) is 0 Å². The molecule has 1 aliphatic rings. The number of hydrogen-bond acceptors (Lipinski definition) is 3. The van der Waals surface area contributed by atoms with Crippen LogP contribution in [0.2, 0.25) is 0 Å². The van der Waals surface area contributed by atoms with Crippen molar-refractivity contribution in [1.29, 1.82) is 0 Å². The molecule has 0 spiro atoms. The lowest BCUT2D eigenvalue weighted by Crippen LogP contribution is -2.49. The summed E-state index contributed by atoms with van der Waals surface area (Å²) in [5, 5.41) is 9.74. The van der Waals surface area contributed by atoms with Gasteiger partial charge in [-0.2, -0.15) is 0 Å². The van der Waals surface area contributed by atoms with Gasteiger partial charge >= 0.3 is 0 Å². The topological polar surface area (TPSA) is 60.9 Å². The zero-order valence-corrected chi connectivity index (χ0v) is 13.7. The molecule has 1 aliphatic heterocycles. The maximum atomic E-state index is 13.0. The van der Waals surface area contributed by atoms with Crippen LogP contribution in [-0.2, 0) is 9.59 Å². The van der Waals surface area contributed by atoms with E-state index in [4.69, 9.17) is 0 Å². The highest BCUT2D eigenvalue weighted by atomic mass is 16.3. The van der Waals surface area contributed by atoms with Crippen molar-refractivity contribution in [3.05, 3.63) is 18.2 Å². The number of phenolic OH excluding ortho intramolecular Hbond substituents is 1. The summed E-state index contributed by atoms with van der Waals surface area (Å²) in [6.45, 7) is 6.16. The third-order valence-corrected chi connectivity index (χ3v) is 4.45. The molecule has 120 valence electrons. The molecule has 0 saturated heterocycles. The maximum Gasteiger partial charge on any atom is 0.242 e. The number of rotatable bonds is 4. The van der Waals surface area contributed by atoms with E-state index in [1.165, 1.54) is 11.0 Å². The molecule has 1 aromatic carbocycles. The van der Waals surface area contributed by atoms with E-state index in [1.807, 2.05) is 13.8 Å². The Hall–Kier alpha value is -2.04. The number of hydrogen-bond donors (Lipinski definition) is 1. The average Bonchev–Trinajstić information content (AvgIpc) is 2.57. The van der Waals surface area contributed by atoms with Crippen molar-refractivity contribution < 1.29 is 14.7 Å². The predicted octanol–water partition coefficient (Wildman–Crippen LogP) is 2.92. The molecule has 1 unspecified atom stereocenters. The van der Waals surface area contributed by atoms with Gasteiger partial charge in [0, 0.05) is 19.7 Å². The number of carbonyl (C=O) groups excluding carboxylic acids is 2. The molecular formula is C17H24N2O3. The number of unbranched alkanes of at least 4 members (excludes halogenated alkanes) is 1. The molecule has 0 aromatic heterocycles. The van der Waals surface area contributed by atoms with E-state index in [-0.39, 0.29) is 17.6 Å². The largest absolute Gasteiger partial charge is 0.508 e. The summed E-state index contributed by atoms with van der Waals surface area (Å²) in [6.07, 6.45) is 2.28. The highest BCUT2D eigenvalue weighted by Crippen LogP contribution is 2.41. The molecule has 0 saturated carbocycles.